The van der Waals surface area contributed by atoms with E-state index in [0.717, 1.165) is 116 Å². The van der Waals surface area contributed by atoms with E-state index < -0.39 is 0 Å². The van der Waals surface area contributed by atoms with Crippen LogP contribution >= 0.6 is 0 Å². The van der Waals surface area contributed by atoms with Gasteiger partial charge in [-0.15, -0.1) is 0 Å². The Morgan fingerprint density at radius 3 is 1.51 bits per heavy atom. The van der Waals surface area contributed by atoms with E-state index in [9.17, 15) is 0 Å². The van der Waals surface area contributed by atoms with Crippen molar-refractivity contribution in [1.82, 2.24) is 24.1 Å². The van der Waals surface area contributed by atoms with Gasteiger partial charge >= 0.3 is 0 Å². The SMILES string of the molecule is c1ccc(-c2cccc(-c3nc(-c4cc(-n5c6cc7ccccc7cc6c6cc7ccccc7cc65)c5oc6cc7ccccc7cc6c5c4)nc(-c4cccc5c6ccccc6n(-c6ccccc6)c45)n3)c2)cc1. The van der Waals surface area contributed by atoms with Crippen LogP contribution in [-0.4, -0.2) is 24.1 Å². The van der Waals surface area contributed by atoms with E-state index in [-0.39, 0.29) is 0 Å². The highest BCUT2D eigenvalue weighted by atomic mass is 16.3. The molecule has 6 nitrogen and oxygen atoms in total. The lowest BCUT2D eigenvalue weighted by molar-refractivity contribution is 0.667. The number of benzene rings is 12. The van der Waals surface area contributed by atoms with Crippen LogP contribution in [0.2, 0.25) is 0 Å². The second kappa shape index (κ2) is 16.2. The molecule has 0 aliphatic carbocycles. The van der Waals surface area contributed by atoms with Crippen LogP contribution in [0.25, 0.3) is 155 Å². The van der Waals surface area contributed by atoms with Gasteiger partial charge < -0.3 is 13.6 Å². The van der Waals surface area contributed by atoms with Crippen LogP contribution in [0.4, 0.5) is 0 Å². The third kappa shape index (κ3) is 6.50. The first kappa shape index (κ1) is 41.4. The lowest BCUT2D eigenvalue weighted by Crippen LogP contribution is -2.03. The molecule has 6 heteroatoms. The molecule has 75 heavy (non-hydrogen) atoms. The van der Waals surface area contributed by atoms with Crippen molar-refractivity contribution < 1.29 is 4.42 Å². The van der Waals surface area contributed by atoms with E-state index in [0.29, 0.717) is 17.5 Å². The largest absolute Gasteiger partial charge is 0.454 e. The Balaban J connectivity index is 1.03. The Labute approximate surface area is 429 Å². The zero-order valence-corrected chi connectivity index (χ0v) is 40.3. The molecule has 4 aromatic heterocycles. The van der Waals surface area contributed by atoms with Gasteiger partial charge in [-0.25, -0.2) is 15.0 Å². The smallest absolute Gasteiger partial charge is 0.166 e. The van der Waals surface area contributed by atoms with E-state index in [1.54, 1.807) is 0 Å². The molecule has 0 saturated heterocycles. The summed E-state index contributed by atoms with van der Waals surface area (Å²) < 4.78 is 11.9. The molecule has 0 atom stereocenters. The second-order valence-corrected chi connectivity index (χ2v) is 19.6. The Hall–Kier alpha value is -10.2. The van der Waals surface area contributed by atoms with Gasteiger partial charge in [0.05, 0.1) is 27.8 Å². The molecule has 0 aliphatic heterocycles. The minimum Gasteiger partial charge on any atom is -0.454 e. The van der Waals surface area contributed by atoms with E-state index in [1.165, 1.54) is 21.5 Å². The summed E-state index contributed by atoms with van der Waals surface area (Å²) in [4.78, 5) is 16.6. The zero-order valence-electron chi connectivity index (χ0n) is 40.3. The summed E-state index contributed by atoms with van der Waals surface area (Å²) in [7, 11) is 0. The highest BCUT2D eigenvalue weighted by molar-refractivity contribution is 6.19. The summed E-state index contributed by atoms with van der Waals surface area (Å²) in [6.07, 6.45) is 0. The Kier molecular flexibility index (Phi) is 8.94. The first-order valence-corrected chi connectivity index (χ1v) is 25.4. The third-order valence-electron chi connectivity index (χ3n) is 15.2. The lowest BCUT2D eigenvalue weighted by Gasteiger charge is -2.14. The van der Waals surface area contributed by atoms with Gasteiger partial charge in [-0.1, -0.05) is 170 Å². The summed E-state index contributed by atoms with van der Waals surface area (Å²) >= 11 is 0. The molecule has 0 spiro atoms. The molecule has 0 aliphatic rings. The van der Waals surface area contributed by atoms with Gasteiger partial charge in [0.15, 0.2) is 23.1 Å². The Bertz CT molecular complexity index is 4920. The minimum absolute atomic E-state index is 0.550. The fourth-order valence-electron chi connectivity index (χ4n) is 11.8. The molecular formula is C69H41N5O. The van der Waals surface area contributed by atoms with E-state index in [4.69, 9.17) is 19.4 Å². The van der Waals surface area contributed by atoms with E-state index in [2.05, 4.69) is 252 Å². The Morgan fingerprint density at radius 1 is 0.293 bits per heavy atom. The average Bonchev–Trinajstić information content (AvgIpc) is 4.12. The van der Waals surface area contributed by atoms with Crippen LogP contribution in [0.15, 0.2) is 253 Å². The van der Waals surface area contributed by atoms with Crippen molar-refractivity contribution in [2.75, 3.05) is 0 Å². The molecule has 0 bridgehead atoms. The predicted molar refractivity (Wildman–Crippen MR) is 310 cm³/mol. The number of nitrogens with zero attached hydrogens (tertiary/aromatic N) is 5. The lowest BCUT2D eigenvalue weighted by atomic mass is 10.0. The van der Waals surface area contributed by atoms with Crippen LogP contribution in [0.5, 0.6) is 0 Å². The first-order valence-electron chi connectivity index (χ1n) is 25.4. The quantitative estimate of drug-likeness (QED) is 0.167. The molecule has 4 heterocycles. The van der Waals surface area contributed by atoms with Gasteiger partial charge in [-0.05, 0) is 122 Å². The summed E-state index contributed by atoms with van der Waals surface area (Å²) in [6, 6.07) is 88.7. The fraction of sp³-hybridized carbons (Fsp3) is 0. The van der Waals surface area contributed by atoms with Gasteiger partial charge in [0.1, 0.15) is 5.58 Å². The molecule has 12 aromatic carbocycles. The number of hydrogen-bond acceptors (Lipinski definition) is 4. The summed E-state index contributed by atoms with van der Waals surface area (Å²) in [5.41, 5.74) is 12.7. The maximum absolute atomic E-state index is 7.18. The van der Waals surface area contributed by atoms with Crippen LogP contribution < -0.4 is 0 Å². The Morgan fingerprint density at radius 2 is 0.813 bits per heavy atom. The second-order valence-electron chi connectivity index (χ2n) is 19.6. The van der Waals surface area contributed by atoms with Crippen molar-refractivity contribution in [3.8, 4) is 56.7 Å². The van der Waals surface area contributed by atoms with E-state index in [1.807, 2.05) is 6.07 Å². The van der Waals surface area contributed by atoms with Crippen molar-refractivity contribution >= 4 is 97.9 Å². The highest BCUT2D eigenvalue weighted by Crippen LogP contribution is 2.44. The third-order valence-corrected chi connectivity index (χ3v) is 15.2. The molecule has 348 valence electrons. The highest BCUT2D eigenvalue weighted by Gasteiger charge is 2.25. The topological polar surface area (TPSA) is 61.7 Å². The van der Waals surface area contributed by atoms with Crippen molar-refractivity contribution in [1.29, 1.82) is 0 Å². The van der Waals surface area contributed by atoms with Crippen molar-refractivity contribution in [2.24, 2.45) is 0 Å². The number of aromatic nitrogens is 5. The zero-order chi connectivity index (χ0) is 49.1. The van der Waals surface area contributed by atoms with Crippen molar-refractivity contribution in [3.63, 3.8) is 0 Å². The predicted octanol–water partition coefficient (Wildman–Crippen LogP) is 18.1. The molecule has 0 saturated carbocycles. The summed E-state index contributed by atoms with van der Waals surface area (Å²) in [5, 5.41) is 13.6. The minimum atomic E-state index is 0.550. The average molecular weight is 956 g/mol. The van der Waals surface area contributed by atoms with Crippen molar-refractivity contribution in [2.45, 2.75) is 0 Å². The van der Waals surface area contributed by atoms with E-state index >= 15 is 0 Å². The fourth-order valence-corrected chi connectivity index (χ4v) is 11.8. The first-order chi connectivity index (χ1) is 37.1. The molecule has 16 rings (SSSR count). The number of hydrogen-bond donors (Lipinski definition) is 0. The van der Waals surface area contributed by atoms with Gasteiger partial charge in [0.25, 0.3) is 0 Å². The summed E-state index contributed by atoms with van der Waals surface area (Å²) in [6.45, 7) is 0. The van der Waals surface area contributed by atoms with Crippen LogP contribution in [0, 0.1) is 0 Å². The van der Waals surface area contributed by atoms with Crippen molar-refractivity contribution in [3.05, 3.63) is 249 Å². The molecule has 0 amide bonds. The maximum Gasteiger partial charge on any atom is 0.166 e. The number of para-hydroxylation sites is 3. The van der Waals surface area contributed by atoms with Crippen LogP contribution in [0.1, 0.15) is 0 Å². The molecule has 0 radical (unpaired) electrons. The molecule has 0 fully saturated rings. The molecule has 0 N–H and O–H groups in total. The molecule has 0 unspecified atom stereocenters. The van der Waals surface area contributed by atoms with Gasteiger partial charge in [-0.3, -0.25) is 0 Å². The number of fused-ring (bicyclic) bond motifs is 12. The van der Waals surface area contributed by atoms with Crippen LogP contribution in [-0.2, 0) is 0 Å². The molecular weight excluding hydrogens is 915 g/mol. The van der Waals surface area contributed by atoms with Crippen LogP contribution in [0.3, 0.4) is 0 Å². The maximum atomic E-state index is 7.18. The summed E-state index contributed by atoms with van der Waals surface area (Å²) in [5.74, 6) is 1.70. The molecule has 16 aromatic rings. The normalized spacial score (nSPS) is 12.0. The standard InChI is InChI=1S/C69H41N5O/c1-3-17-42(18-4-1)43-25-15-26-50(33-43)67-70-68(72-69(71-67)55-31-16-30-54-53-29-13-14-32-60(53)73(65(54)55)52-27-5-2-6-28-52)51-37-59-58-36-46-21-9-12-24-49(46)41-64(58)75-66(59)63(40-51)74-61-38-47-22-10-7-19-44(47)34-56(61)57-35-45-20-8-11-23-48(45)39-62(57)74/h1-41H. The van der Waals surface area contributed by atoms with Gasteiger partial charge in [-0.2, -0.15) is 0 Å². The monoisotopic (exact) mass is 955 g/mol. The van der Waals surface area contributed by atoms with Gasteiger partial charge in [0, 0.05) is 54.7 Å². The number of rotatable bonds is 6. The number of furan rings is 1. The van der Waals surface area contributed by atoms with Gasteiger partial charge in [0.2, 0.25) is 0 Å².